The summed E-state index contributed by atoms with van der Waals surface area (Å²) >= 11 is 0. The van der Waals surface area contributed by atoms with Crippen LogP contribution in [0.4, 0.5) is 22.1 Å². The van der Waals surface area contributed by atoms with Gasteiger partial charge >= 0.3 is 0 Å². The first-order valence-electron chi connectivity index (χ1n) is 7.58. The summed E-state index contributed by atoms with van der Waals surface area (Å²) in [6.45, 7) is 1.60. The van der Waals surface area contributed by atoms with Gasteiger partial charge in [0, 0.05) is 45.0 Å². The second-order valence-electron chi connectivity index (χ2n) is 5.84. The fourth-order valence-electron chi connectivity index (χ4n) is 2.81. The molecule has 122 valence electrons. The molecule has 0 radical (unpaired) electrons. The van der Waals surface area contributed by atoms with Crippen molar-refractivity contribution in [3.63, 3.8) is 0 Å². The zero-order chi connectivity index (χ0) is 16.4. The summed E-state index contributed by atoms with van der Waals surface area (Å²) in [4.78, 5) is 20.4. The molecule has 2 aromatic heterocycles. The molecule has 1 aliphatic heterocycles. The first-order valence-corrected chi connectivity index (χ1v) is 7.58. The van der Waals surface area contributed by atoms with Crippen LogP contribution in [-0.2, 0) is 0 Å². The third-order valence-corrected chi connectivity index (χ3v) is 4.03. The number of hydrogen-bond acceptors (Lipinski definition) is 7. The van der Waals surface area contributed by atoms with Gasteiger partial charge in [0.2, 0.25) is 11.9 Å². The molecule has 1 aliphatic rings. The van der Waals surface area contributed by atoms with Crippen LogP contribution in [0.3, 0.4) is 0 Å². The van der Waals surface area contributed by atoms with E-state index in [4.69, 9.17) is 5.73 Å². The predicted molar refractivity (Wildman–Crippen MR) is 86.9 cm³/mol. The standard InChI is InChI=1S/C15H20FN7/c1-22(2)13-11(16)9-19-15(21-13)23-7-4-10(5-8-23)12-3-6-18-14(17)20-12/h3,6,9-10H,4-5,7-8H2,1-2H3,(H2,17,18,20). The van der Waals surface area contributed by atoms with Crippen molar-refractivity contribution in [2.45, 2.75) is 18.8 Å². The van der Waals surface area contributed by atoms with Crippen LogP contribution >= 0.6 is 0 Å². The van der Waals surface area contributed by atoms with Gasteiger partial charge in [-0.2, -0.15) is 4.98 Å². The second-order valence-corrected chi connectivity index (χ2v) is 5.84. The summed E-state index contributed by atoms with van der Waals surface area (Å²) in [7, 11) is 3.53. The van der Waals surface area contributed by atoms with Gasteiger partial charge in [-0.15, -0.1) is 0 Å². The number of halogens is 1. The molecule has 0 aliphatic carbocycles. The van der Waals surface area contributed by atoms with Crippen molar-refractivity contribution in [2.24, 2.45) is 0 Å². The molecule has 3 rings (SSSR count). The molecule has 0 saturated carbocycles. The van der Waals surface area contributed by atoms with Crippen LogP contribution in [0.25, 0.3) is 0 Å². The summed E-state index contributed by atoms with van der Waals surface area (Å²) in [5.74, 6) is 1.12. The Labute approximate surface area is 134 Å². The maximum Gasteiger partial charge on any atom is 0.227 e. The molecule has 0 amide bonds. The molecule has 0 unspecified atom stereocenters. The number of aromatic nitrogens is 4. The van der Waals surface area contributed by atoms with Crippen molar-refractivity contribution in [2.75, 3.05) is 42.7 Å². The summed E-state index contributed by atoms with van der Waals surface area (Å²) in [5.41, 5.74) is 6.63. The largest absolute Gasteiger partial charge is 0.368 e. The van der Waals surface area contributed by atoms with E-state index in [1.807, 2.05) is 6.07 Å². The molecule has 7 nitrogen and oxygen atoms in total. The fourth-order valence-corrected chi connectivity index (χ4v) is 2.81. The molecule has 2 aromatic rings. The average molecular weight is 317 g/mol. The first-order chi connectivity index (χ1) is 11.0. The molecule has 23 heavy (non-hydrogen) atoms. The Morgan fingerprint density at radius 3 is 2.61 bits per heavy atom. The topological polar surface area (TPSA) is 84.1 Å². The Hall–Kier alpha value is -2.51. The number of anilines is 3. The maximum atomic E-state index is 13.7. The lowest BCUT2D eigenvalue weighted by atomic mass is 9.93. The van der Waals surface area contributed by atoms with Gasteiger partial charge in [-0.25, -0.2) is 19.3 Å². The van der Waals surface area contributed by atoms with Crippen molar-refractivity contribution < 1.29 is 4.39 Å². The number of rotatable bonds is 3. The molecule has 2 N–H and O–H groups in total. The van der Waals surface area contributed by atoms with E-state index in [0.29, 0.717) is 23.6 Å². The van der Waals surface area contributed by atoms with E-state index in [2.05, 4.69) is 24.8 Å². The molecule has 8 heteroatoms. The van der Waals surface area contributed by atoms with Crippen molar-refractivity contribution in [3.05, 3.63) is 30.0 Å². The van der Waals surface area contributed by atoms with E-state index in [0.717, 1.165) is 31.6 Å². The van der Waals surface area contributed by atoms with Gasteiger partial charge in [0.05, 0.1) is 6.20 Å². The van der Waals surface area contributed by atoms with E-state index in [1.165, 1.54) is 6.20 Å². The minimum atomic E-state index is -0.412. The van der Waals surface area contributed by atoms with E-state index in [1.54, 1.807) is 25.2 Å². The van der Waals surface area contributed by atoms with E-state index >= 15 is 0 Å². The third-order valence-electron chi connectivity index (χ3n) is 4.03. The van der Waals surface area contributed by atoms with Crippen LogP contribution in [0.15, 0.2) is 18.5 Å². The Morgan fingerprint density at radius 1 is 1.22 bits per heavy atom. The van der Waals surface area contributed by atoms with Gasteiger partial charge in [0.15, 0.2) is 11.6 Å². The van der Waals surface area contributed by atoms with Crippen LogP contribution < -0.4 is 15.5 Å². The van der Waals surface area contributed by atoms with Crippen LogP contribution in [-0.4, -0.2) is 47.1 Å². The molecule has 0 spiro atoms. The highest BCUT2D eigenvalue weighted by atomic mass is 19.1. The Bertz CT molecular complexity index is 683. The monoisotopic (exact) mass is 317 g/mol. The second kappa shape index (κ2) is 6.31. The zero-order valence-corrected chi connectivity index (χ0v) is 13.3. The molecular weight excluding hydrogens is 297 g/mol. The quantitative estimate of drug-likeness (QED) is 0.917. The Kier molecular flexibility index (Phi) is 4.22. The average Bonchev–Trinajstić information content (AvgIpc) is 2.55. The third kappa shape index (κ3) is 3.30. The van der Waals surface area contributed by atoms with Crippen molar-refractivity contribution in [1.29, 1.82) is 0 Å². The first kappa shape index (κ1) is 15.4. The highest BCUT2D eigenvalue weighted by Gasteiger charge is 2.24. The van der Waals surface area contributed by atoms with Crippen molar-refractivity contribution >= 4 is 17.7 Å². The molecule has 3 heterocycles. The Balaban J connectivity index is 1.71. The van der Waals surface area contributed by atoms with E-state index < -0.39 is 5.82 Å². The fraction of sp³-hybridized carbons (Fsp3) is 0.467. The molecule has 0 bridgehead atoms. The van der Waals surface area contributed by atoms with Gasteiger partial charge in [0.1, 0.15) is 0 Å². The number of nitrogen functional groups attached to an aromatic ring is 1. The lowest BCUT2D eigenvalue weighted by Crippen LogP contribution is -2.34. The molecule has 1 saturated heterocycles. The Morgan fingerprint density at radius 2 is 1.96 bits per heavy atom. The van der Waals surface area contributed by atoms with Crippen molar-refractivity contribution in [1.82, 2.24) is 19.9 Å². The minimum Gasteiger partial charge on any atom is -0.368 e. The number of piperidine rings is 1. The zero-order valence-electron chi connectivity index (χ0n) is 13.3. The van der Waals surface area contributed by atoms with Crippen LogP contribution in [0.1, 0.15) is 24.5 Å². The number of nitrogens with zero attached hydrogens (tertiary/aromatic N) is 6. The van der Waals surface area contributed by atoms with Gasteiger partial charge in [-0.05, 0) is 18.9 Å². The van der Waals surface area contributed by atoms with Gasteiger partial charge in [0.25, 0.3) is 0 Å². The number of hydrogen-bond donors (Lipinski definition) is 1. The maximum absolute atomic E-state index is 13.7. The smallest absolute Gasteiger partial charge is 0.227 e. The van der Waals surface area contributed by atoms with Gasteiger partial charge in [-0.1, -0.05) is 0 Å². The highest BCUT2D eigenvalue weighted by molar-refractivity contribution is 5.44. The summed E-state index contributed by atoms with van der Waals surface area (Å²) in [6.07, 6.45) is 4.77. The van der Waals surface area contributed by atoms with Crippen LogP contribution in [0.2, 0.25) is 0 Å². The highest BCUT2D eigenvalue weighted by Crippen LogP contribution is 2.29. The SMILES string of the molecule is CN(C)c1nc(N2CCC(c3ccnc(N)n3)CC2)ncc1F. The predicted octanol–water partition coefficient (Wildman–Crippen LogP) is 1.44. The molecule has 0 aromatic carbocycles. The lowest BCUT2D eigenvalue weighted by Gasteiger charge is -2.32. The van der Waals surface area contributed by atoms with Crippen LogP contribution in [0.5, 0.6) is 0 Å². The normalized spacial score (nSPS) is 15.7. The summed E-state index contributed by atoms with van der Waals surface area (Å²) in [5, 5.41) is 0. The van der Waals surface area contributed by atoms with Gasteiger partial charge in [-0.3, -0.25) is 0 Å². The van der Waals surface area contributed by atoms with Crippen molar-refractivity contribution in [3.8, 4) is 0 Å². The summed E-state index contributed by atoms with van der Waals surface area (Å²) < 4.78 is 13.7. The summed E-state index contributed by atoms with van der Waals surface area (Å²) in [6, 6.07) is 1.91. The van der Waals surface area contributed by atoms with Gasteiger partial charge < -0.3 is 15.5 Å². The van der Waals surface area contributed by atoms with Crippen LogP contribution in [0, 0.1) is 5.82 Å². The lowest BCUT2D eigenvalue weighted by molar-refractivity contribution is 0.489. The molecule has 1 fully saturated rings. The molecule has 0 atom stereocenters. The minimum absolute atomic E-state index is 0.306. The number of nitrogens with two attached hydrogens (primary N) is 1. The molecular formula is C15H20FN7. The van der Waals surface area contributed by atoms with E-state index in [-0.39, 0.29) is 0 Å². The van der Waals surface area contributed by atoms with E-state index in [9.17, 15) is 4.39 Å².